The molecule has 3 aromatic carbocycles. The molecule has 0 radical (unpaired) electrons. The summed E-state index contributed by atoms with van der Waals surface area (Å²) < 4.78 is 0. The number of hydrazine groups is 1. The number of anilines is 2. The molecule has 0 unspecified atom stereocenters. The molecule has 2 amide bonds. The Bertz CT molecular complexity index is 1090. The summed E-state index contributed by atoms with van der Waals surface area (Å²) >= 11 is 0. The van der Waals surface area contributed by atoms with Crippen molar-refractivity contribution in [2.45, 2.75) is 37.1 Å². The van der Waals surface area contributed by atoms with Crippen LogP contribution in [-0.4, -0.2) is 17.8 Å². The molecule has 0 bridgehead atoms. The Balaban J connectivity index is 1.43. The highest BCUT2D eigenvalue weighted by Crippen LogP contribution is 2.52. The van der Waals surface area contributed by atoms with E-state index in [-0.39, 0.29) is 24.1 Å². The van der Waals surface area contributed by atoms with E-state index in [1.165, 1.54) is 5.56 Å². The fourth-order valence-electron chi connectivity index (χ4n) is 5.54. The molecule has 32 heavy (non-hydrogen) atoms. The van der Waals surface area contributed by atoms with E-state index in [2.05, 4.69) is 52.2 Å². The fraction of sp³-hybridized carbons (Fsp3) is 0.269. The van der Waals surface area contributed by atoms with E-state index in [9.17, 15) is 4.79 Å². The molecule has 2 N–H and O–H groups in total. The summed E-state index contributed by atoms with van der Waals surface area (Å²) in [6.45, 7) is 0. The summed E-state index contributed by atoms with van der Waals surface area (Å²) in [7, 11) is 0. The molecule has 2 heterocycles. The number of para-hydroxylation sites is 2. The number of benzene rings is 3. The predicted octanol–water partition coefficient (Wildman–Crippen LogP) is 4.78. The lowest BCUT2D eigenvalue weighted by molar-refractivity contribution is 0.00991. The first-order valence-corrected chi connectivity index (χ1v) is 11.3. The van der Waals surface area contributed by atoms with Crippen LogP contribution in [0.15, 0.2) is 91.0 Å². The Morgan fingerprint density at radius 2 is 1.47 bits per heavy atom. The SMILES string of the molecule is O=C1N[C@@]2(CCC[C@H]3ON(c4ccccc4)[C@H](c4ccccc4)[C@@H]32)NN1c1ccccc1. The first kappa shape index (κ1) is 19.3. The van der Waals surface area contributed by atoms with Crippen LogP contribution in [0, 0.1) is 5.92 Å². The number of carbonyl (C=O) groups is 1. The molecule has 1 saturated carbocycles. The van der Waals surface area contributed by atoms with E-state index < -0.39 is 5.66 Å². The van der Waals surface area contributed by atoms with Crippen LogP contribution in [0.25, 0.3) is 0 Å². The quantitative estimate of drug-likeness (QED) is 0.633. The van der Waals surface area contributed by atoms with Crippen molar-refractivity contribution in [3.8, 4) is 0 Å². The third-order valence-corrected chi connectivity index (χ3v) is 6.88. The monoisotopic (exact) mass is 426 g/mol. The van der Waals surface area contributed by atoms with Crippen LogP contribution in [0.3, 0.4) is 0 Å². The van der Waals surface area contributed by atoms with E-state index in [0.717, 1.165) is 30.6 Å². The van der Waals surface area contributed by atoms with Gasteiger partial charge in [-0.15, -0.1) is 0 Å². The Labute approximate surface area is 187 Å². The summed E-state index contributed by atoms with van der Waals surface area (Å²) in [4.78, 5) is 19.7. The number of rotatable bonds is 3. The van der Waals surface area contributed by atoms with Gasteiger partial charge in [-0.3, -0.25) is 4.84 Å². The van der Waals surface area contributed by atoms with Crippen LogP contribution >= 0.6 is 0 Å². The zero-order valence-electron chi connectivity index (χ0n) is 17.7. The van der Waals surface area contributed by atoms with Crippen molar-refractivity contribution in [1.82, 2.24) is 10.7 Å². The molecule has 6 nitrogen and oxygen atoms in total. The molecule has 3 fully saturated rings. The van der Waals surface area contributed by atoms with Crippen molar-refractivity contribution in [2.75, 3.05) is 10.1 Å². The number of hydrogen-bond acceptors (Lipinski definition) is 4. The first-order valence-electron chi connectivity index (χ1n) is 11.3. The van der Waals surface area contributed by atoms with Gasteiger partial charge in [0.1, 0.15) is 5.66 Å². The number of hydroxylamine groups is 1. The Morgan fingerprint density at radius 1 is 0.844 bits per heavy atom. The number of urea groups is 1. The van der Waals surface area contributed by atoms with Gasteiger partial charge in [0.2, 0.25) is 0 Å². The smallest absolute Gasteiger partial charge is 0.316 e. The van der Waals surface area contributed by atoms with E-state index in [4.69, 9.17) is 4.84 Å². The van der Waals surface area contributed by atoms with E-state index >= 15 is 0 Å². The molecule has 6 rings (SSSR count). The number of carbonyl (C=O) groups excluding carboxylic acids is 1. The van der Waals surface area contributed by atoms with Gasteiger partial charge < -0.3 is 5.32 Å². The number of fused-ring (bicyclic) bond motifs is 2. The maximum absolute atomic E-state index is 13.1. The van der Waals surface area contributed by atoms with Crippen LogP contribution in [0.5, 0.6) is 0 Å². The van der Waals surface area contributed by atoms with Crippen LogP contribution < -0.4 is 20.8 Å². The predicted molar refractivity (Wildman–Crippen MR) is 124 cm³/mol. The van der Waals surface area contributed by atoms with Crippen molar-refractivity contribution in [3.05, 3.63) is 96.6 Å². The number of amides is 2. The van der Waals surface area contributed by atoms with Crippen molar-refractivity contribution in [2.24, 2.45) is 5.92 Å². The fourth-order valence-corrected chi connectivity index (χ4v) is 5.54. The second-order valence-corrected chi connectivity index (χ2v) is 8.76. The van der Waals surface area contributed by atoms with Gasteiger partial charge in [-0.05, 0) is 49.1 Å². The minimum atomic E-state index is -0.583. The highest BCUT2D eigenvalue weighted by molar-refractivity contribution is 5.94. The van der Waals surface area contributed by atoms with Gasteiger partial charge in [-0.1, -0.05) is 66.7 Å². The van der Waals surface area contributed by atoms with Gasteiger partial charge in [0, 0.05) is 0 Å². The standard InChI is InChI=1S/C26H26N4O2/c31-25-27-26(28-29(25)20-13-6-2-7-14-20)18-10-17-22-23(26)24(19-11-4-1-5-12-19)30(32-22)21-15-8-3-9-16-21/h1-9,11-16,22-24,28H,10,17-18H2,(H,27,31)/t22-,23-,24-,26+/m1/s1. The lowest BCUT2D eigenvalue weighted by Gasteiger charge is -2.43. The van der Waals surface area contributed by atoms with Crippen LogP contribution in [-0.2, 0) is 4.84 Å². The minimum Gasteiger partial charge on any atom is -0.316 e. The lowest BCUT2D eigenvalue weighted by atomic mass is 9.72. The molecule has 1 aliphatic carbocycles. The Hall–Kier alpha value is -3.35. The number of hydrogen-bond donors (Lipinski definition) is 2. The third-order valence-electron chi connectivity index (χ3n) is 6.88. The van der Waals surface area contributed by atoms with Crippen molar-refractivity contribution >= 4 is 17.4 Å². The largest absolute Gasteiger partial charge is 0.338 e. The van der Waals surface area contributed by atoms with Gasteiger partial charge in [0.05, 0.1) is 29.4 Å². The maximum atomic E-state index is 13.1. The van der Waals surface area contributed by atoms with Crippen molar-refractivity contribution in [3.63, 3.8) is 0 Å². The van der Waals surface area contributed by atoms with Gasteiger partial charge in [-0.2, -0.15) is 5.43 Å². The topological polar surface area (TPSA) is 56.8 Å². The van der Waals surface area contributed by atoms with Gasteiger partial charge in [0.15, 0.2) is 0 Å². The van der Waals surface area contributed by atoms with E-state index in [1.807, 2.05) is 54.6 Å². The Kier molecular flexibility index (Phi) is 4.63. The highest BCUT2D eigenvalue weighted by Gasteiger charge is 2.61. The van der Waals surface area contributed by atoms with Crippen LogP contribution in [0.2, 0.25) is 0 Å². The lowest BCUT2D eigenvalue weighted by Crippen LogP contribution is -2.62. The second-order valence-electron chi connectivity index (χ2n) is 8.76. The average Bonchev–Trinajstić information content (AvgIpc) is 3.40. The molecule has 2 saturated heterocycles. The average molecular weight is 427 g/mol. The molecule has 162 valence electrons. The first-order chi connectivity index (χ1) is 15.8. The molecule has 6 heteroatoms. The molecule has 4 atom stereocenters. The molecule has 2 aliphatic heterocycles. The zero-order valence-corrected chi connectivity index (χ0v) is 17.7. The van der Waals surface area contributed by atoms with Crippen LogP contribution in [0.1, 0.15) is 30.9 Å². The van der Waals surface area contributed by atoms with Crippen molar-refractivity contribution < 1.29 is 9.63 Å². The minimum absolute atomic E-state index is 0.00214. The molecule has 3 aliphatic rings. The van der Waals surface area contributed by atoms with E-state index in [1.54, 1.807) is 5.01 Å². The van der Waals surface area contributed by atoms with Crippen LogP contribution in [0.4, 0.5) is 16.2 Å². The summed E-state index contributed by atoms with van der Waals surface area (Å²) in [5.74, 6) is 0.0384. The van der Waals surface area contributed by atoms with Gasteiger partial charge in [0.25, 0.3) is 0 Å². The molecular formula is C26H26N4O2. The summed E-state index contributed by atoms with van der Waals surface area (Å²) in [6, 6.07) is 30.3. The second kappa shape index (κ2) is 7.65. The summed E-state index contributed by atoms with van der Waals surface area (Å²) in [5.41, 5.74) is 6.03. The van der Waals surface area contributed by atoms with Crippen molar-refractivity contribution in [1.29, 1.82) is 0 Å². The highest BCUT2D eigenvalue weighted by atomic mass is 16.7. The molecule has 3 aromatic rings. The molecular weight excluding hydrogens is 400 g/mol. The Morgan fingerprint density at radius 3 is 2.16 bits per heavy atom. The summed E-state index contributed by atoms with van der Waals surface area (Å²) in [6.07, 6.45) is 2.78. The summed E-state index contributed by atoms with van der Waals surface area (Å²) in [5, 5.41) is 7.03. The third kappa shape index (κ3) is 3.06. The number of nitrogens with zero attached hydrogens (tertiary/aromatic N) is 2. The van der Waals surface area contributed by atoms with Gasteiger partial charge >= 0.3 is 6.03 Å². The molecule has 1 spiro atoms. The van der Waals surface area contributed by atoms with E-state index in [0.29, 0.717) is 0 Å². The van der Waals surface area contributed by atoms with Gasteiger partial charge in [-0.25, -0.2) is 14.9 Å². The number of nitrogens with one attached hydrogen (secondary N) is 2. The maximum Gasteiger partial charge on any atom is 0.338 e. The normalized spacial score (nSPS) is 29.2. The molecule has 0 aromatic heterocycles. The zero-order chi connectivity index (χ0) is 21.5.